The Hall–Kier alpha value is -1.25. The first-order valence-electron chi connectivity index (χ1n) is 6.73. The highest BCUT2D eigenvalue weighted by atomic mass is 35.5. The normalized spacial score (nSPS) is 14.3. The van der Waals surface area contributed by atoms with E-state index in [-0.39, 0.29) is 0 Å². The molecular formula is C16H20ClNO. The van der Waals surface area contributed by atoms with Gasteiger partial charge in [0.15, 0.2) is 0 Å². The van der Waals surface area contributed by atoms with E-state index >= 15 is 0 Å². The number of rotatable bonds is 6. The van der Waals surface area contributed by atoms with Crippen molar-refractivity contribution in [2.24, 2.45) is 0 Å². The molecule has 1 aromatic heterocycles. The van der Waals surface area contributed by atoms with Gasteiger partial charge in [-0.3, -0.25) is 0 Å². The molecule has 1 aromatic carbocycles. The molecule has 0 aliphatic carbocycles. The molecule has 0 fully saturated rings. The maximum absolute atomic E-state index is 5.93. The van der Waals surface area contributed by atoms with Crippen LogP contribution in [0.2, 0.25) is 5.02 Å². The molecule has 2 unspecified atom stereocenters. The topological polar surface area (TPSA) is 25.2 Å². The SMILES string of the molecule is CCC(NC(C)Cc1ccco1)c1ccc(Cl)cc1. The van der Waals surface area contributed by atoms with Crippen molar-refractivity contribution in [1.29, 1.82) is 0 Å². The Labute approximate surface area is 119 Å². The van der Waals surface area contributed by atoms with Crippen molar-refractivity contribution in [3.63, 3.8) is 0 Å². The number of benzene rings is 1. The van der Waals surface area contributed by atoms with Crippen molar-refractivity contribution in [2.45, 2.75) is 38.8 Å². The van der Waals surface area contributed by atoms with E-state index in [9.17, 15) is 0 Å². The highest BCUT2D eigenvalue weighted by Crippen LogP contribution is 2.20. The third-order valence-corrected chi connectivity index (χ3v) is 3.51. The van der Waals surface area contributed by atoms with Crippen molar-refractivity contribution in [3.05, 3.63) is 59.0 Å². The first-order chi connectivity index (χ1) is 9.19. The number of halogens is 1. The fourth-order valence-corrected chi connectivity index (χ4v) is 2.40. The van der Waals surface area contributed by atoms with Gasteiger partial charge in [-0.2, -0.15) is 0 Å². The van der Waals surface area contributed by atoms with E-state index in [0.717, 1.165) is 23.6 Å². The van der Waals surface area contributed by atoms with E-state index in [1.165, 1.54) is 5.56 Å². The Balaban J connectivity index is 1.96. The van der Waals surface area contributed by atoms with Crippen molar-refractivity contribution in [2.75, 3.05) is 0 Å². The molecule has 2 rings (SSSR count). The van der Waals surface area contributed by atoms with E-state index in [1.54, 1.807) is 6.26 Å². The van der Waals surface area contributed by atoms with Gasteiger partial charge in [-0.25, -0.2) is 0 Å². The third kappa shape index (κ3) is 4.12. The number of nitrogens with one attached hydrogen (secondary N) is 1. The zero-order valence-corrected chi connectivity index (χ0v) is 12.2. The third-order valence-electron chi connectivity index (χ3n) is 3.25. The van der Waals surface area contributed by atoms with Crippen LogP contribution < -0.4 is 5.32 Å². The standard InChI is InChI=1S/C16H20ClNO/c1-3-16(13-6-8-14(17)9-7-13)18-12(2)11-15-5-4-10-19-15/h4-10,12,16,18H,3,11H2,1-2H3. The number of furan rings is 1. The van der Waals surface area contributed by atoms with E-state index in [4.69, 9.17) is 16.0 Å². The molecule has 0 spiro atoms. The highest BCUT2D eigenvalue weighted by Gasteiger charge is 2.13. The van der Waals surface area contributed by atoms with Crippen LogP contribution in [0.4, 0.5) is 0 Å². The van der Waals surface area contributed by atoms with Crippen molar-refractivity contribution >= 4 is 11.6 Å². The van der Waals surface area contributed by atoms with Crippen LogP contribution in [-0.2, 0) is 6.42 Å². The Morgan fingerprint density at radius 3 is 2.53 bits per heavy atom. The molecule has 0 saturated heterocycles. The fraction of sp³-hybridized carbons (Fsp3) is 0.375. The van der Waals surface area contributed by atoms with Gasteiger partial charge in [0.25, 0.3) is 0 Å². The molecule has 1 heterocycles. The van der Waals surface area contributed by atoms with Gasteiger partial charge in [-0.05, 0) is 43.2 Å². The lowest BCUT2D eigenvalue weighted by molar-refractivity contribution is 0.410. The summed E-state index contributed by atoms with van der Waals surface area (Å²) in [7, 11) is 0. The second kappa shape index (κ2) is 6.78. The largest absolute Gasteiger partial charge is 0.469 e. The molecule has 0 saturated carbocycles. The average molecular weight is 278 g/mol. The fourth-order valence-electron chi connectivity index (χ4n) is 2.28. The lowest BCUT2D eigenvalue weighted by atomic mass is 10.0. The summed E-state index contributed by atoms with van der Waals surface area (Å²) < 4.78 is 5.38. The van der Waals surface area contributed by atoms with Gasteiger partial charge in [0.1, 0.15) is 5.76 Å². The van der Waals surface area contributed by atoms with Gasteiger partial charge in [-0.15, -0.1) is 0 Å². The van der Waals surface area contributed by atoms with Gasteiger partial charge >= 0.3 is 0 Å². The van der Waals surface area contributed by atoms with Crippen LogP contribution in [0.3, 0.4) is 0 Å². The molecule has 1 N–H and O–H groups in total. The van der Waals surface area contributed by atoms with Crippen LogP contribution in [0.25, 0.3) is 0 Å². The quantitative estimate of drug-likeness (QED) is 0.834. The summed E-state index contributed by atoms with van der Waals surface area (Å²) in [6.07, 6.45) is 3.67. The molecule has 0 radical (unpaired) electrons. The van der Waals surface area contributed by atoms with Crippen LogP contribution in [0, 0.1) is 0 Å². The Bertz CT molecular complexity index is 478. The average Bonchev–Trinajstić information content (AvgIpc) is 2.90. The molecule has 0 aliphatic heterocycles. The Morgan fingerprint density at radius 2 is 1.95 bits per heavy atom. The smallest absolute Gasteiger partial charge is 0.105 e. The Kier molecular flexibility index (Phi) is 5.06. The van der Waals surface area contributed by atoms with Crippen molar-refractivity contribution in [3.8, 4) is 0 Å². The molecule has 102 valence electrons. The molecule has 2 atom stereocenters. The highest BCUT2D eigenvalue weighted by molar-refractivity contribution is 6.30. The Morgan fingerprint density at radius 1 is 1.21 bits per heavy atom. The molecule has 19 heavy (non-hydrogen) atoms. The van der Waals surface area contributed by atoms with E-state index in [1.807, 2.05) is 24.3 Å². The minimum Gasteiger partial charge on any atom is -0.469 e. The zero-order valence-electron chi connectivity index (χ0n) is 11.4. The monoisotopic (exact) mass is 277 g/mol. The van der Waals surface area contributed by atoms with Gasteiger partial charge in [0.2, 0.25) is 0 Å². The van der Waals surface area contributed by atoms with Crippen LogP contribution in [0.15, 0.2) is 47.1 Å². The summed E-state index contributed by atoms with van der Waals surface area (Å²) in [4.78, 5) is 0. The van der Waals surface area contributed by atoms with Crippen molar-refractivity contribution in [1.82, 2.24) is 5.32 Å². The molecule has 0 aliphatic rings. The summed E-state index contributed by atoms with van der Waals surface area (Å²) in [5, 5.41) is 4.42. The minimum absolute atomic E-state index is 0.349. The first kappa shape index (κ1) is 14.2. The molecule has 0 amide bonds. The van der Waals surface area contributed by atoms with Gasteiger partial charge in [0.05, 0.1) is 6.26 Å². The van der Waals surface area contributed by atoms with Crippen molar-refractivity contribution < 1.29 is 4.42 Å². The predicted molar refractivity (Wildman–Crippen MR) is 79.5 cm³/mol. The first-order valence-corrected chi connectivity index (χ1v) is 7.10. The van der Waals surface area contributed by atoms with Crippen LogP contribution in [0.5, 0.6) is 0 Å². The molecule has 2 nitrogen and oxygen atoms in total. The lowest BCUT2D eigenvalue weighted by Gasteiger charge is -2.22. The summed E-state index contributed by atoms with van der Waals surface area (Å²) in [6.45, 7) is 4.37. The van der Waals surface area contributed by atoms with Gasteiger partial charge in [0, 0.05) is 23.5 Å². The van der Waals surface area contributed by atoms with E-state index < -0.39 is 0 Å². The lowest BCUT2D eigenvalue weighted by Crippen LogP contribution is -2.31. The van der Waals surface area contributed by atoms with Gasteiger partial charge < -0.3 is 9.73 Å². The number of hydrogen-bond donors (Lipinski definition) is 1. The molecule has 0 bridgehead atoms. The molecule has 3 heteroatoms. The number of hydrogen-bond acceptors (Lipinski definition) is 2. The maximum Gasteiger partial charge on any atom is 0.105 e. The van der Waals surface area contributed by atoms with Crippen LogP contribution in [-0.4, -0.2) is 6.04 Å². The summed E-state index contributed by atoms with van der Waals surface area (Å²) in [6, 6.07) is 12.7. The van der Waals surface area contributed by atoms with Crippen LogP contribution in [0.1, 0.15) is 37.6 Å². The molecule has 2 aromatic rings. The van der Waals surface area contributed by atoms with Crippen LogP contribution >= 0.6 is 11.6 Å². The molecular weight excluding hydrogens is 258 g/mol. The second-order valence-electron chi connectivity index (χ2n) is 4.86. The van der Waals surface area contributed by atoms with E-state index in [2.05, 4.69) is 31.3 Å². The summed E-state index contributed by atoms with van der Waals surface area (Å²) >= 11 is 5.93. The van der Waals surface area contributed by atoms with E-state index in [0.29, 0.717) is 12.1 Å². The second-order valence-corrected chi connectivity index (χ2v) is 5.30. The van der Waals surface area contributed by atoms with Gasteiger partial charge in [-0.1, -0.05) is 30.7 Å². The maximum atomic E-state index is 5.93. The summed E-state index contributed by atoms with van der Waals surface area (Å²) in [5.41, 5.74) is 1.28. The summed E-state index contributed by atoms with van der Waals surface area (Å²) in [5.74, 6) is 1.02. The predicted octanol–water partition coefficient (Wildman–Crippen LogP) is 4.60. The zero-order chi connectivity index (χ0) is 13.7. The minimum atomic E-state index is 0.349.